The second-order valence-electron chi connectivity index (χ2n) is 6.10. The Balaban J connectivity index is 1.67. The summed E-state index contributed by atoms with van der Waals surface area (Å²) in [4.78, 5) is 15.8. The van der Waals surface area contributed by atoms with Crippen LogP contribution in [0.3, 0.4) is 0 Å². The Morgan fingerprint density at radius 1 is 1.28 bits per heavy atom. The number of hydrogen-bond acceptors (Lipinski definition) is 5. The average Bonchev–Trinajstić information content (AvgIpc) is 3.32. The number of imidazole rings is 1. The lowest BCUT2D eigenvalue weighted by molar-refractivity contribution is 0.100. The van der Waals surface area contributed by atoms with Crippen LogP contribution < -0.4 is 11.1 Å². The Hall–Kier alpha value is -3.00. The number of benzene rings is 1. The van der Waals surface area contributed by atoms with Crippen molar-refractivity contribution in [2.24, 2.45) is 5.73 Å². The van der Waals surface area contributed by atoms with Crippen LogP contribution in [0.5, 0.6) is 0 Å². The van der Waals surface area contributed by atoms with E-state index >= 15 is 0 Å². The lowest BCUT2D eigenvalue weighted by Gasteiger charge is -2.22. The number of nitrogens with zero attached hydrogens (tertiary/aromatic N) is 5. The van der Waals surface area contributed by atoms with Crippen molar-refractivity contribution in [2.45, 2.75) is 18.9 Å². The van der Waals surface area contributed by atoms with Gasteiger partial charge >= 0.3 is 0 Å². The van der Waals surface area contributed by atoms with Gasteiger partial charge in [-0.05, 0) is 44.1 Å². The molecule has 0 saturated carbocycles. The minimum absolute atomic E-state index is 0.365. The van der Waals surface area contributed by atoms with Crippen LogP contribution in [0, 0.1) is 0 Å². The Morgan fingerprint density at radius 3 is 2.92 bits per heavy atom. The zero-order chi connectivity index (χ0) is 17.2. The van der Waals surface area contributed by atoms with Crippen molar-refractivity contribution in [1.82, 2.24) is 29.9 Å². The first-order chi connectivity index (χ1) is 12.2. The average molecular weight is 337 g/mol. The molecule has 4 rings (SSSR count). The maximum Gasteiger partial charge on any atom is 0.248 e. The number of amides is 1. The van der Waals surface area contributed by atoms with Crippen molar-refractivity contribution in [3.05, 3.63) is 48.4 Å². The Kier molecular flexibility index (Phi) is 4.02. The Labute approximate surface area is 144 Å². The highest BCUT2D eigenvalue weighted by Gasteiger charge is 2.19. The van der Waals surface area contributed by atoms with Crippen LogP contribution in [0.15, 0.2) is 42.9 Å². The molecule has 0 unspecified atom stereocenters. The Morgan fingerprint density at radius 2 is 2.12 bits per heavy atom. The van der Waals surface area contributed by atoms with Gasteiger partial charge in [0.2, 0.25) is 5.91 Å². The summed E-state index contributed by atoms with van der Waals surface area (Å²) >= 11 is 0. The van der Waals surface area contributed by atoms with Gasteiger partial charge in [0.1, 0.15) is 5.69 Å². The van der Waals surface area contributed by atoms with E-state index in [2.05, 4.69) is 20.6 Å². The number of rotatable bonds is 4. The standard InChI is InChI=1S/C17H19N7O/c18-16(25)12-2-1-3-14(10-12)23-9-8-20-17(23)15-11-24(22-21-15)13-4-6-19-7-5-13/h1-3,8-11,13,19H,4-7H2,(H2,18,25). The van der Waals surface area contributed by atoms with E-state index in [0.717, 1.165) is 31.6 Å². The fourth-order valence-electron chi connectivity index (χ4n) is 3.14. The van der Waals surface area contributed by atoms with Gasteiger partial charge in [-0.25, -0.2) is 9.67 Å². The fraction of sp³-hybridized carbons (Fsp3) is 0.294. The van der Waals surface area contributed by atoms with Gasteiger partial charge in [0.25, 0.3) is 0 Å². The van der Waals surface area contributed by atoms with E-state index in [9.17, 15) is 4.79 Å². The monoisotopic (exact) mass is 337 g/mol. The fourth-order valence-corrected chi connectivity index (χ4v) is 3.14. The maximum atomic E-state index is 11.4. The molecule has 0 atom stereocenters. The van der Waals surface area contributed by atoms with Crippen molar-refractivity contribution in [3.63, 3.8) is 0 Å². The molecular formula is C17H19N7O. The first-order valence-corrected chi connectivity index (χ1v) is 8.29. The lowest BCUT2D eigenvalue weighted by atomic mass is 10.1. The highest BCUT2D eigenvalue weighted by molar-refractivity contribution is 5.93. The summed E-state index contributed by atoms with van der Waals surface area (Å²) in [5.74, 6) is 0.224. The van der Waals surface area contributed by atoms with Crippen LogP contribution in [0.25, 0.3) is 17.2 Å². The van der Waals surface area contributed by atoms with Gasteiger partial charge in [-0.2, -0.15) is 0 Å². The third-order valence-corrected chi connectivity index (χ3v) is 4.47. The molecule has 0 spiro atoms. The van der Waals surface area contributed by atoms with E-state index in [0.29, 0.717) is 23.1 Å². The van der Waals surface area contributed by atoms with E-state index in [1.807, 2.05) is 27.7 Å². The summed E-state index contributed by atoms with van der Waals surface area (Å²) in [6, 6.07) is 7.49. The molecular weight excluding hydrogens is 318 g/mol. The highest BCUT2D eigenvalue weighted by Crippen LogP contribution is 2.23. The molecule has 128 valence electrons. The van der Waals surface area contributed by atoms with E-state index in [1.54, 1.807) is 24.4 Å². The molecule has 3 aromatic rings. The van der Waals surface area contributed by atoms with Gasteiger partial charge in [0.05, 0.1) is 12.2 Å². The van der Waals surface area contributed by atoms with Gasteiger partial charge in [-0.1, -0.05) is 11.3 Å². The van der Waals surface area contributed by atoms with Crippen molar-refractivity contribution < 1.29 is 4.79 Å². The molecule has 1 amide bonds. The van der Waals surface area contributed by atoms with E-state index in [4.69, 9.17) is 5.73 Å². The summed E-state index contributed by atoms with van der Waals surface area (Å²) in [5.41, 5.74) is 7.34. The number of nitrogens with two attached hydrogens (primary N) is 1. The molecule has 1 aliphatic rings. The molecule has 1 saturated heterocycles. The SMILES string of the molecule is NC(=O)c1cccc(-n2ccnc2-c2cn(C3CCNCC3)nn2)c1. The molecule has 1 aromatic carbocycles. The first-order valence-electron chi connectivity index (χ1n) is 8.29. The van der Waals surface area contributed by atoms with Crippen LogP contribution in [0.4, 0.5) is 0 Å². The highest BCUT2D eigenvalue weighted by atomic mass is 16.1. The summed E-state index contributed by atoms with van der Waals surface area (Å²) in [6.07, 6.45) is 7.55. The smallest absolute Gasteiger partial charge is 0.248 e. The number of piperidine rings is 1. The van der Waals surface area contributed by atoms with Crippen LogP contribution in [0.1, 0.15) is 29.2 Å². The largest absolute Gasteiger partial charge is 0.366 e. The normalized spacial score (nSPS) is 15.4. The number of carbonyl (C=O) groups excluding carboxylic acids is 1. The topological polar surface area (TPSA) is 104 Å². The quantitative estimate of drug-likeness (QED) is 0.743. The summed E-state index contributed by atoms with van der Waals surface area (Å²) in [6.45, 7) is 1.99. The Bertz CT molecular complexity index is 892. The molecule has 2 aromatic heterocycles. The van der Waals surface area contributed by atoms with E-state index < -0.39 is 5.91 Å². The van der Waals surface area contributed by atoms with Crippen LogP contribution >= 0.6 is 0 Å². The molecule has 3 heterocycles. The van der Waals surface area contributed by atoms with Crippen molar-refractivity contribution in [3.8, 4) is 17.2 Å². The van der Waals surface area contributed by atoms with Gasteiger partial charge in [0.15, 0.2) is 5.82 Å². The maximum absolute atomic E-state index is 11.4. The summed E-state index contributed by atoms with van der Waals surface area (Å²) < 4.78 is 3.80. The molecule has 1 aliphatic heterocycles. The molecule has 0 bridgehead atoms. The van der Waals surface area contributed by atoms with E-state index in [-0.39, 0.29) is 0 Å². The van der Waals surface area contributed by atoms with Crippen molar-refractivity contribution in [1.29, 1.82) is 0 Å². The summed E-state index contributed by atoms with van der Waals surface area (Å²) in [7, 11) is 0. The molecule has 25 heavy (non-hydrogen) atoms. The summed E-state index contributed by atoms with van der Waals surface area (Å²) in [5, 5.41) is 11.9. The van der Waals surface area contributed by atoms with Gasteiger partial charge < -0.3 is 11.1 Å². The second kappa shape index (κ2) is 6.48. The third kappa shape index (κ3) is 3.03. The van der Waals surface area contributed by atoms with Crippen LogP contribution in [-0.4, -0.2) is 43.5 Å². The first kappa shape index (κ1) is 15.5. The molecule has 0 aliphatic carbocycles. The number of nitrogens with one attached hydrogen (secondary N) is 1. The predicted octanol–water partition coefficient (Wildman–Crippen LogP) is 1.15. The van der Waals surface area contributed by atoms with Gasteiger partial charge in [0, 0.05) is 23.6 Å². The minimum Gasteiger partial charge on any atom is -0.366 e. The van der Waals surface area contributed by atoms with Crippen molar-refractivity contribution >= 4 is 5.91 Å². The third-order valence-electron chi connectivity index (χ3n) is 4.47. The van der Waals surface area contributed by atoms with Crippen LogP contribution in [-0.2, 0) is 0 Å². The molecule has 8 nitrogen and oxygen atoms in total. The molecule has 0 radical (unpaired) electrons. The predicted molar refractivity (Wildman–Crippen MR) is 92.2 cm³/mol. The molecule has 1 fully saturated rings. The number of carbonyl (C=O) groups is 1. The van der Waals surface area contributed by atoms with E-state index in [1.165, 1.54) is 0 Å². The number of hydrogen-bond donors (Lipinski definition) is 2. The zero-order valence-electron chi connectivity index (χ0n) is 13.7. The van der Waals surface area contributed by atoms with Gasteiger partial charge in [-0.3, -0.25) is 9.36 Å². The van der Waals surface area contributed by atoms with Crippen LogP contribution in [0.2, 0.25) is 0 Å². The van der Waals surface area contributed by atoms with Gasteiger partial charge in [-0.15, -0.1) is 5.10 Å². The molecule has 8 heteroatoms. The second-order valence-corrected chi connectivity index (χ2v) is 6.10. The lowest BCUT2D eigenvalue weighted by Crippen LogP contribution is -2.29. The zero-order valence-corrected chi connectivity index (χ0v) is 13.7. The molecule has 3 N–H and O–H groups in total. The van der Waals surface area contributed by atoms with Crippen molar-refractivity contribution in [2.75, 3.05) is 13.1 Å². The number of primary amides is 1. The number of aromatic nitrogens is 5. The minimum atomic E-state index is -0.458.